The Hall–Kier alpha value is -2.68. The molecule has 0 radical (unpaired) electrons. The summed E-state index contributed by atoms with van der Waals surface area (Å²) < 4.78 is 10.5. The van der Waals surface area contributed by atoms with Crippen molar-refractivity contribution in [2.75, 3.05) is 7.11 Å². The standard InChI is InChI=1S/C20H24O8/c1-10-4-6-14(21)18(24)19(25)15(22)7-5-12-8-13(27-3)9-16(23)17(12)20(26)28-11(10)2/h4-11,15,18-19,22-25H,1-3H3/b6-4-,7-5+/t10-,11+,15?,18-,19+/m1/s1. The van der Waals surface area contributed by atoms with Crippen LogP contribution in [0.5, 0.6) is 11.5 Å². The van der Waals surface area contributed by atoms with Gasteiger partial charge < -0.3 is 29.9 Å². The molecule has 0 amide bonds. The number of phenolic OH excluding ortho intramolecular Hbond substituents is 1. The molecule has 8 nitrogen and oxygen atoms in total. The van der Waals surface area contributed by atoms with Crippen molar-refractivity contribution in [3.8, 4) is 11.5 Å². The van der Waals surface area contributed by atoms with Crippen molar-refractivity contribution < 1.29 is 39.5 Å². The largest absolute Gasteiger partial charge is 0.507 e. The van der Waals surface area contributed by atoms with Gasteiger partial charge in [0.15, 0.2) is 5.78 Å². The predicted molar refractivity (Wildman–Crippen MR) is 99.9 cm³/mol. The number of carbonyl (C=O) groups is 2. The average molecular weight is 392 g/mol. The molecular formula is C20H24O8. The van der Waals surface area contributed by atoms with Crippen LogP contribution >= 0.6 is 0 Å². The van der Waals surface area contributed by atoms with Crippen LogP contribution < -0.4 is 4.74 Å². The lowest BCUT2D eigenvalue weighted by Crippen LogP contribution is -2.40. The van der Waals surface area contributed by atoms with Crippen molar-refractivity contribution >= 4 is 17.8 Å². The Bertz CT molecular complexity index is 798. The van der Waals surface area contributed by atoms with Gasteiger partial charge in [0, 0.05) is 12.0 Å². The van der Waals surface area contributed by atoms with E-state index in [2.05, 4.69) is 0 Å². The first-order valence-electron chi connectivity index (χ1n) is 8.72. The molecule has 1 aliphatic rings. The monoisotopic (exact) mass is 392 g/mol. The molecule has 0 aromatic heterocycles. The second kappa shape index (κ2) is 9.01. The van der Waals surface area contributed by atoms with Gasteiger partial charge in [-0.15, -0.1) is 0 Å². The second-order valence-corrected chi connectivity index (χ2v) is 6.63. The molecule has 0 aliphatic carbocycles. The first kappa shape index (κ1) is 21.6. The maximum atomic E-state index is 12.6. The first-order valence-corrected chi connectivity index (χ1v) is 8.72. The van der Waals surface area contributed by atoms with Gasteiger partial charge in [-0.3, -0.25) is 4.79 Å². The van der Waals surface area contributed by atoms with Crippen molar-refractivity contribution in [2.24, 2.45) is 5.92 Å². The molecule has 0 saturated heterocycles. The number of phenols is 1. The van der Waals surface area contributed by atoms with Gasteiger partial charge in [-0.25, -0.2) is 4.79 Å². The number of fused-ring (bicyclic) bond motifs is 1. The highest BCUT2D eigenvalue weighted by Crippen LogP contribution is 2.30. The second-order valence-electron chi connectivity index (χ2n) is 6.63. The number of aromatic hydroxyl groups is 1. The summed E-state index contributed by atoms with van der Waals surface area (Å²) in [5.74, 6) is -2.11. The lowest BCUT2D eigenvalue weighted by molar-refractivity contribution is -0.131. The predicted octanol–water partition coefficient (Wildman–Crippen LogP) is 0.817. The number of esters is 1. The Morgan fingerprint density at radius 3 is 2.36 bits per heavy atom. The Balaban J connectivity index is 2.57. The zero-order chi connectivity index (χ0) is 21.0. The van der Waals surface area contributed by atoms with Gasteiger partial charge in [-0.2, -0.15) is 0 Å². The normalized spacial score (nSPS) is 31.3. The van der Waals surface area contributed by atoms with Gasteiger partial charge in [0.2, 0.25) is 0 Å². The topological polar surface area (TPSA) is 134 Å². The van der Waals surface area contributed by atoms with Crippen LogP contribution in [0.15, 0.2) is 30.4 Å². The van der Waals surface area contributed by atoms with Crippen LogP contribution in [0.25, 0.3) is 6.08 Å². The van der Waals surface area contributed by atoms with E-state index in [1.807, 2.05) is 0 Å². The highest BCUT2D eigenvalue weighted by Gasteiger charge is 2.29. The van der Waals surface area contributed by atoms with E-state index in [4.69, 9.17) is 9.47 Å². The zero-order valence-electron chi connectivity index (χ0n) is 15.8. The molecule has 1 aliphatic heterocycles. The van der Waals surface area contributed by atoms with Gasteiger partial charge in [0.05, 0.1) is 7.11 Å². The SMILES string of the molecule is COc1cc(O)c2c(c1)/C=C/C(O)[C@H](O)[C@H](O)C(=O)/C=C\[C@@H](C)[C@H](C)OC2=O. The quantitative estimate of drug-likeness (QED) is 0.516. The number of ketones is 1. The third kappa shape index (κ3) is 4.78. The van der Waals surface area contributed by atoms with Crippen molar-refractivity contribution in [3.05, 3.63) is 41.5 Å². The number of cyclic esters (lactones) is 1. The summed E-state index contributed by atoms with van der Waals surface area (Å²) in [6.07, 6.45) is -1.01. The summed E-state index contributed by atoms with van der Waals surface area (Å²) in [4.78, 5) is 24.6. The maximum Gasteiger partial charge on any atom is 0.342 e. The molecule has 0 fully saturated rings. The zero-order valence-corrected chi connectivity index (χ0v) is 15.8. The van der Waals surface area contributed by atoms with Gasteiger partial charge in [0.25, 0.3) is 0 Å². The molecule has 152 valence electrons. The van der Waals surface area contributed by atoms with Crippen LogP contribution in [-0.2, 0) is 9.53 Å². The molecular weight excluding hydrogens is 368 g/mol. The fourth-order valence-electron chi connectivity index (χ4n) is 2.60. The number of aliphatic hydroxyl groups excluding tert-OH is 3. The Morgan fingerprint density at radius 2 is 1.71 bits per heavy atom. The summed E-state index contributed by atoms with van der Waals surface area (Å²) in [5.41, 5.74) is 0.0248. The molecule has 0 saturated carbocycles. The average Bonchev–Trinajstić information content (AvgIpc) is 2.67. The third-order valence-corrected chi connectivity index (χ3v) is 4.60. The van der Waals surface area contributed by atoms with Crippen molar-refractivity contribution in [3.63, 3.8) is 0 Å². The van der Waals surface area contributed by atoms with Crippen LogP contribution in [0, 0.1) is 5.92 Å². The summed E-state index contributed by atoms with van der Waals surface area (Å²) in [7, 11) is 1.38. The van der Waals surface area contributed by atoms with Crippen molar-refractivity contribution in [1.82, 2.24) is 0 Å². The van der Waals surface area contributed by atoms with E-state index in [0.717, 1.165) is 12.2 Å². The Morgan fingerprint density at radius 1 is 1.04 bits per heavy atom. The summed E-state index contributed by atoms with van der Waals surface area (Å²) in [6, 6.07) is 2.69. The van der Waals surface area contributed by atoms with E-state index in [1.165, 1.54) is 31.4 Å². The number of ether oxygens (including phenoxy) is 2. The van der Waals surface area contributed by atoms with Crippen molar-refractivity contribution in [1.29, 1.82) is 0 Å². The summed E-state index contributed by atoms with van der Waals surface area (Å²) in [5, 5.41) is 40.3. The number of hydrogen-bond donors (Lipinski definition) is 4. The smallest absolute Gasteiger partial charge is 0.342 e. The number of aliphatic hydroxyl groups is 3. The molecule has 1 aromatic carbocycles. The van der Waals surface area contributed by atoms with Crippen LogP contribution in [0.4, 0.5) is 0 Å². The fourth-order valence-corrected chi connectivity index (χ4v) is 2.60. The highest BCUT2D eigenvalue weighted by atomic mass is 16.5. The molecule has 0 spiro atoms. The molecule has 28 heavy (non-hydrogen) atoms. The van der Waals surface area contributed by atoms with Crippen LogP contribution in [0.3, 0.4) is 0 Å². The van der Waals surface area contributed by atoms with Gasteiger partial charge in [-0.1, -0.05) is 25.2 Å². The minimum absolute atomic E-state index is 0.143. The highest BCUT2D eigenvalue weighted by molar-refractivity contribution is 5.97. The van der Waals surface area contributed by atoms with Crippen LogP contribution in [0.1, 0.15) is 29.8 Å². The molecule has 4 N–H and O–H groups in total. The molecule has 1 aromatic rings. The molecule has 2 rings (SSSR count). The van der Waals surface area contributed by atoms with Crippen LogP contribution in [-0.4, -0.2) is 63.7 Å². The number of rotatable bonds is 1. The number of methoxy groups -OCH3 is 1. The van der Waals surface area contributed by atoms with E-state index in [9.17, 15) is 30.0 Å². The maximum absolute atomic E-state index is 12.6. The van der Waals surface area contributed by atoms with Gasteiger partial charge >= 0.3 is 5.97 Å². The van der Waals surface area contributed by atoms with E-state index in [-0.39, 0.29) is 22.6 Å². The third-order valence-electron chi connectivity index (χ3n) is 4.60. The van der Waals surface area contributed by atoms with Crippen LogP contribution in [0.2, 0.25) is 0 Å². The minimum atomic E-state index is -1.83. The van der Waals surface area contributed by atoms with E-state index in [0.29, 0.717) is 0 Å². The lowest BCUT2D eigenvalue weighted by atomic mass is 9.98. The van der Waals surface area contributed by atoms with Gasteiger partial charge in [-0.05, 0) is 24.6 Å². The Kier molecular flexibility index (Phi) is 6.95. The fraction of sp³-hybridized carbons (Fsp3) is 0.400. The number of benzene rings is 1. The van der Waals surface area contributed by atoms with Crippen molar-refractivity contribution in [2.45, 2.75) is 38.3 Å². The van der Waals surface area contributed by atoms with E-state index < -0.39 is 42.1 Å². The summed E-state index contributed by atoms with van der Waals surface area (Å²) >= 11 is 0. The molecule has 1 heterocycles. The molecule has 5 atom stereocenters. The Labute approximate surface area is 162 Å². The van der Waals surface area contributed by atoms with E-state index in [1.54, 1.807) is 13.8 Å². The lowest BCUT2D eigenvalue weighted by Gasteiger charge is -2.21. The van der Waals surface area contributed by atoms with E-state index >= 15 is 0 Å². The van der Waals surface area contributed by atoms with Gasteiger partial charge in [0.1, 0.15) is 41.5 Å². The number of hydrogen-bond acceptors (Lipinski definition) is 8. The minimum Gasteiger partial charge on any atom is -0.507 e. The molecule has 0 bridgehead atoms. The first-order chi connectivity index (χ1) is 13.1. The molecule has 1 unspecified atom stereocenters. The number of carbonyl (C=O) groups excluding carboxylic acids is 2. The summed E-state index contributed by atoms with van der Waals surface area (Å²) in [6.45, 7) is 3.31. The molecule has 8 heteroatoms.